The van der Waals surface area contributed by atoms with Crippen molar-refractivity contribution in [3.05, 3.63) is 42.0 Å². The number of hydrogen-bond acceptors (Lipinski definition) is 0. The number of rotatable bonds is 2. The van der Waals surface area contributed by atoms with Crippen molar-refractivity contribution in [1.82, 2.24) is 0 Å². The summed E-state index contributed by atoms with van der Waals surface area (Å²) in [6.07, 6.45) is 11.8. The Morgan fingerprint density at radius 2 is 1.38 bits per heavy atom. The predicted octanol–water partition coefficient (Wildman–Crippen LogP) is 4.01. The Morgan fingerprint density at radius 1 is 1.00 bits per heavy atom. The van der Waals surface area contributed by atoms with Crippen molar-refractivity contribution in [3.63, 3.8) is 0 Å². The van der Waals surface area contributed by atoms with Crippen LogP contribution < -0.4 is 0 Å². The Labute approximate surface area is 105 Å². The van der Waals surface area contributed by atoms with E-state index in [0.717, 1.165) is 0 Å². The van der Waals surface area contributed by atoms with E-state index in [2.05, 4.69) is 54.3 Å². The average Bonchev–Trinajstić information content (AvgIpc) is 2.73. The van der Waals surface area contributed by atoms with Crippen molar-refractivity contribution in [1.29, 1.82) is 0 Å². The SMILES string of the molecule is CC1=[C]([Zr]([CH3])([CH3])(=[SiH2])[C]2=C(C)C=CC2)CC=C1.[H-].[H-]. The van der Waals surface area contributed by atoms with Gasteiger partial charge in [0, 0.05) is 0 Å². The average molecular weight is 312 g/mol. The molecule has 0 bridgehead atoms. The van der Waals surface area contributed by atoms with Crippen LogP contribution in [0, 0.1) is 0 Å². The zero-order chi connectivity index (χ0) is 12.0. The number of allylic oxidation sites excluding steroid dienone is 8. The first kappa shape index (κ1) is 12.5. The third-order valence-corrected chi connectivity index (χ3v) is 21.8. The molecular weight excluding hydrogens is 287 g/mol. The van der Waals surface area contributed by atoms with Crippen LogP contribution in [0.5, 0.6) is 0 Å². The maximum absolute atomic E-state index is 2.75. The Hall–Kier alpha value is 0.0600. The summed E-state index contributed by atoms with van der Waals surface area (Å²) in [6, 6.07) is 0. The maximum Gasteiger partial charge on any atom is -1.00 e. The Bertz CT molecular complexity index is 488. The van der Waals surface area contributed by atoms with Gasteiger partial charge in [0.1, 0.15) is 0 Å². The molecule has 0 radical (unpaired) electrons. The van der Waals surface area contributed by atoms with Gasteiger partial charge in [-0.3, -0.25) is 0 Å². The van der Waals surface area contributed by atoms with Crippen LogP contribution >= 0.6 is 0 Å². The standard InChI is InChI=1S/2C6H7.2CH3.H2Si.Zr.2H/c2*1-6-4-2-3-5-6;;;;;;/h2*2,4H,3H2,1H3;2*1H3;1H2;;;/q;;;;;;2*-1. The molecule has 2 aliphatic rings. The first-order chi connectivity index (χ1) is 7.31. The van der Waals surface area contributed by atoms with E-state index >= 15 is 0 Å². The monoisotopic (exact) mass is 310 g/mol. The molecule has 0 saturated carbocycles. The minimum absolute atomic E-state index is 0. The van der Waals surface area contributed by atoms with Gasteiger partial charge in [0.05, 0.1) is 0 Å². The Morgan fingerprint density at radius 3 is 1.62 bits per heavy atom. The van der Waals surface area contributed by atoms with E-state index in [1.165, 1.54) is 12.8 Å². The molecule has 0 fully saturated rings. The molecule has 2 rings (SSSR count). The molecule has 0 heterocycles. The van der Waals surface area contributed by atoms with Crippen LogP contribution in [-0.4, -0.2) is 6.88 Å². The molecule has 0 saturated heterocycles. The first-order valence-electron chi connectivity index (χ1n) is 6.12. The summed E-state index contributed by atoms with van der Waals surface area (Å²) in [5.74, 6) is 0. The summed E-state index contributed by atoms with van der Waals surface area (Å²) in [7, 11) is 0. The van der Waals surface area contributed by atoms with Gasteiger partial charge in [0.15, 0.2) is 0 Å². The van der Waals surface area contributed by atoms with E-state index in [-0.39, 0.29) is 2.85 Å². The normalized spacial score (nSPS) is 21.6. The van der Waals surface area contributed by atoms with Gasteiger partial charge in [0.25, 0.3) is 0 Å². The fourth-order valence-electron chi connectivity index (χ4n) is 3.33. The van der Waals surface area contributed by atoms with Crippen LogP contribution in [0.15, 0.2) is 42.0 Å². The van der Waals surface area contributed by atoms with Crippen LogP contribution in [0.25, 0.3) is 0 Å². The van der Waals surface area contributed by atoms with Crippen molar-refractivity contribution in [2.45, 2.75) is 36.0 Å². The summed E-state index contributed by atoms with van der Waals surface area (Å²) in [4.78, 5) is 0. The molecule has 0 aromatic carbocycles. The van der Waals surface area contributed by atoms with E-state index in [0.29, 0.717) is 0 Å². The molecule has 90 valence electrons. The van der Waals surface area contributed by atoms with Crippen LogP contribution in [-0.2, 0) is 17.4 Å². The van der Waals surface area contributed by atoms with Crippen LogP contribution in [0.4, 0.5) is 0 Å². The third kappa shape index (κ3) is 1.84. The van der Waals surface area contributed by atoms with Gasteiger partial charge >= 0.3 is 102 Å². The Balaban J connectivity index is 0.00000144. The molecular formula is C14H24SiZr-2. The van der Waals surface area contributed by atoms with E-state index in [9.17, 15) is 0 Å². The molecule has 0 N–H and O–H groups in total. The zero-order valence-electron chi connectivity index (χ0n) is 12.9. The predicted molar refractivity (Wildman–Crippen MR) is 75.4 cm³/mol. The molecule has 0 aromatic heterocycles. The van der Waals surface area contributed by atoms with Crippen molar-refractivity contribution in [2.24, 2.45) is 0 Å². The van der Waals surface area contributed by atoms with Gasteiger partial charge in [-0.05, 0) is 0 Å². The van der Waals surface area contributed by atoms with Crippen molar-refractivity contribution < 1.29 is 20.3 Å². The second-order valence-electron chi connectivity index (χ2n) is 6.22. The molecule has 2 heteroatoms. The zero-order valence-corrected chi connectivity index (χ0v) is 14.8. The maximum atomic E-state index is 2.61. The second kappa shape index (κ2) is 3.78. The molecule has 0 aromatic rings. The van der Waals surface area contributed by atoms with Gasteiger partial charge in [-0.1, -0.05) is 0 Å². The fourth-order valence-corrected chi connectivity index (χ4v) is 19.7. The molecule has 16 heavy (non-hydrogen) atoms. The van der Waals surface area contributed by atoms with E-state index in [1.54, 1.807) is 17.7 Å². The minimum Gasteiger partial charge on any atom is -1.00 e. The van der Waals surface area contributed by atoms with Crippen LogP contribution in [0.2, 0.25) is 9.26 Å². The molecule has 0 amide bonds. The molecule has 0 unspecified atom stereocenters. The molecule has 2 aliphatic carbocycles. The quantitative estimate of drug-likeness (QED) is 0.676. The number of hydrogen-bond donors (Lipinski definition) is 0. The molecule has 0 atom stereocenters. The summed E-state index contributed by atoms with van der Waals surface area (Å²) in [6.45, 7) is 6.95. The summed E-state index contributed by atoms with van der Waals surface area (Å²) < 4.78 is 8.82. The van der Waals surface area contributed by atoms with E-state index in [4.69, 9.17) is 0 Å². The fraction of sp³-hybridized carbons (Fsp3) is 0.429. The Kier molecular flexibility index (Phi) is 2.96. The topological polar surface area (TPSA) is 0 Å². The van der Waals surface area contributed by atoms with Crippen LogP contribution in [0.1, 0.15) is 29.5 Å². The second-order valence-corrected chi connectivity index (χ2v) is 34.9. The first-order valence-corrected chi connectivity index (χ1v) is 19.4. The molecule has 0 nitrogen and oxygen atoms in total. The van der Waals surface area contributed by atoms with Gasteiger partial charge < -0.3 is 2.85 Å². The van der Waals surface area contributed by atoms with Gasteiger partial charge in [-0.25, -0.2) is 0 Å². The third-order valence-electron chi connectivity index (χ3n) is 4.27. The van der Waals surface area contributed by atoms with Gasteiger partial charge in [-0.2, -0.15) is 0 Å². The summed E-state index contributed by atoms with van der Waals surface area (Å²) in [5.41, 5.74) is 3.11. The van der Waals surface area contributed by atoms with Crippen molar-refractivity contribution in [3.8, 4) is 0 Å². The smallest absolute Gasteiger partial charge is 1.00 e. The largest absolute Gasteiger partial charge is 1.00 e. The van der Waals surface area contributed by atoms with Gasteiger partial charge in [-0.15, -0.1) is 0 Å². The van der Waals surface area contributed by atoms with E-state index < -0.39 is 17.4 Å². The summed E-state index contributed by atoms with van der Waals surface area (Å²) >= 11 is -2.75. The molecule has 0 spiro atoms. The van der Waals surface area contributed by atoms with Crippen molar-refractivity contribution in [2.75, 3.05) is 0 Å². The van der Waals surface area contributed by atoms with Crippen molar-refractivity contribution >= 4 is 6.88 Å². The summed E-state index contributed by atoms with van der Waals surface area (Å²) in [5, 5.41) is 0. The van der Waals surface area contributed by atoms with Gasteiger partial charge in [0.2, 0.25) is 0 Å². The van der Waals surface area contributed by atoms with E-state index in [1.807, 2.05) is 0 Å². The molecule has 0 aliphatic heterocycles. The van der Waals surface area contributed by atoms with Crippen LogP contribution in [0.3, 0.4) is 0 Å². The minimum atomic E-state index is -2.75.